The smallest absolute Gasteiger partial charge is 0.317 e. The monoisotopic (exact) mass is 216 g/mol. The Balaban J connectivity index is 0. The fourth-order valence-electron chi connectivity index (χ4n) is 0.928. The van der Waals surface area contributed by atoms with Crippen LogP contribution in [-0.4, -0.2) is 48.7 Å². The summed E-state index contributed by atoms with van der Waals surface area (Å²) < 4.78 is 0. The SMILES string of the molecule is CN(CC(=O)O)C1CNC1.Cl.Cl. The molecule has 0 saturated carbocycles. The fraction of sp³-hybridized carbons (Fsp3) is 0.833. The number of carboxylic acids is 1. The van der Waals surface area contributed by atoms with Gasteiger partial charge in [-0.25, -0.2) is 0 Å². The van der Waals surface area contributed by atoms with E-state index < -0.39 is 5.97 Å². The molecule has 1 fully saturated rings. The van der Waals surface area contributed by atoms with Gasteiger partial charge in [-0.05, 0) is 7.05 Å². The largest absolute Gasteiger partial charge is 0.480 e. The highest BCUT2D eigenvalue weighted by Crippen LogP contribution is 2.00. The standard InChI is InChI=1S/C6H12N2O2.2ClH/c1-8(4-6(9)10)5-2-7-3-5;;/h5,7H,2-4H2,1H3,(H,9,10);2*1H. The summed E-state index contributed by atoms with van der Waals surface area (Å²) in [6, 6.07) is 0.427. The van der Waals surface area contributed by atoms with E-state index in [-0.39, 0.29) is 31.4 Å². The van der Waals surface area contributed by atoms with E-state index in [1.807, 2.05) is 11.9 Å². The Morgan fingerprint density at radius 3 is 2.33 bits per heavy atom. The lowest BCUT2D eigenvalue weighted by Crippen LogP contribution is -2.56. The molecular weight excluding hydrogens is 203 g/mol. The number of hydrogen-bond acceptors (Lipinski definition) is 3. The van der Waals surface area contributed by atoms with Crippen LogP contribution in [0.2, 0.25) is 0 Å². The van der Waals surface area contributed by atoms with E-state index >= 15 is 0 Å². The highest BCUT2D eigenvalue weighted by molar-refractivity contribution is 5.85. The Labute approximate surface area is 84.1 Å². The molecule has 4 nitrogen and oxygen atoms in total. The second-order valence-corrected chi connectivity index (χ2v) is 2.62. The van der Waals surface area contributed by atoms with E-state index in [2.05, 4.69) is 5.32 Å². The summed E-state index contributed by atoms with van der Waals surface area (Å²) in [5, 5.41) is 11.5. The molecule has 0 unspecified atom stereocenters. The first-order chi connectivity index (χ1) is 4.70. The Bertz CT molecular complexity index is 142. The highest BCUT2D eigenvalue weighted by atomic mass is 35.5. The zero-order valence-electron chi connectivity index (χ0n) is 6.82. The number of carboxylic acid groups (broad SMARTS) is 1. The minimum atomic E-state index is -0.755. The number of rotatable bonds is 3. The maximum Gasteiger partial charge on any atom is 0.317 e. The van der Waals surface area contributed by atoms with Gasteiger partial charge in [0.2, 0.25) is 0 Å². The van der Waals surface area contributed by atoms with Crippen molar-refractivity contribution in [1.82, 2.24) is 10.2 Å². The van der Waals surface area contributed by atoms with Gasteiger partial charge in [0.15, 0.2) is 0 Å². The van der Waals surface area contributed by atoms with Crippen LogP contribution in [0.3, 0.4) is 0 Å². The molecule has 1 aliphatic rings. The van der Waals surface area contributed by atoms with Gasteiger partial charge >= 0.3 is 5.97 Å². The number of hydrogen-bond donors (Lipinski definition) is 2. The molecule has 0 amide bonds. The van der Waals surface area contributed by atoms with Crippen molar-refractivity contribution in [2.24, 2.45) is 0 Å². The van der Waals surface area contributed by atoms with E-state index in [0.717, 1.165) is 13.1 Å². The maximum atomic E-state index is 10.2. The molecule has 0 aromatic heterocycles. The van der Waals surface area contributed by atoms with Crippen LogP contribution < -0.4 is 5.32 Å². The zero-order valence-corrected chi connectivity index (χ0v) is 8.45. The second-order valence-electron chi connectivity index (χ2n) is 2.62. The molecular formula is C6H14Cl2N2O2. The number of nitrogens with one attached hydrogen (secondary N) is 1. The Morgan fingerprint density at radius 2 is 2.08 bits per heavy atom. The molecule has 1 aliphatic heterocycles. The minimum Gasteiger partial charge on any atom is -0.480 e. The number of halogens is 2. The van der Waals surface area contributed by atoms with Crippen molar-refractivity contribution in [3.05, 3.63) is 0 Å². The van der Waals surface area contributed by atoms with Crippen molar-refractivity contribution < 1.29 is 9.90 Å². The van der Waals surface area contributed by atoms with E-state index in [4.69, 9.17) is 5.11 Å². The number of carbonyl (C=O) groups is 1. The molecule has 2 N–H and O–H groups in total. The lowest BCUT2D eigenvalue weighted by atomic mass is 10.1. The van der Waals surface area contributed by atoms with E-state index in [1.54, 1.807) is 0 Å². The molecule has 0 bridgehead atoms. The van der Waals surface area contributed by atoms with Crippen LogP contribution in [0, 0.1) is 0 Å². The molecule has 0 aromatic carbocycles. The van der Waals surface area contributed by atoms with Gasteiger partial charge in [-0.3, -0.25) is 9.69 Å². The van der Waals surface area contributed by atoms with Gasteiger partial charge < -0.3 is 10.4 Å². The molecule has 0 radical (unpaired) electrons. The lowest BCUT2D eigenvalue weighted by Gasteiger charge is -2.34. The molecule has 0 aromatic rings. The first-order valence-corrected chi connectivity index (χ1v) is 3.33. The third kappa shape index (κ3) is 4.11. The van der Waals surface area contributed by atoms with Crippen LogP contribution in [0.5, 0.6) is 0 Å². The van der Waals surface area contributed by atoms with Gasteiger partial charge in [0.05, 0.1) is 6.54 Å². The molecule has 12 heavy (non-hydrogen) atoms. The number of likely N-dealkylation sites (N-methyl/N-ethyl adjacent to an activating group) is 1. The van der Waals surface area contributed by atoms with Crippen LogP contribution >= 0.6 is 24.8 Å². The molecule has 6 heteroatoms. The van der Waals surface area contributed by atoms with Crippen molar-refractivity contribution in [3.63, 3.8) is 0 Å². The van der Waals surface area contributed by atoms with Crippen LogP contribution in [-0.2, 0) is 4.79 Å². The van der Waals surface area contributed by atoms with Gasteiger partial charge in [0.25, 0.3) is 0 Å². The predicted molar refractivity (Wildman–Crippen MR) is 51.4 cm³/mol. The van der Waals surface area contributed by atoms with Crippen LogP contribution in [0.15, 0.2) is 0 Å². The zero-order chi connectivity index (χ0) is 7.56. The van der Waals surface area contributed by atoms with Crippen LogP contribution in [0.4, 0.5) is 0 Å². The molecule has 0 aliphatic carbocycles. The first-order valence-electron chi connectivity index (χ1n) is 3.33. The van der Waals surface area contributed by atoms with E-state index in [0.29, 0.717) is 6.04 Å². The van der Waals surface area contributed by atoms with Gasteiger partial charge in [-0.1, -0.05) is 0 Å². The van der Waals surface area contributed by atoms with Crippen molar-refractivity contribution in [2.75, 3.05) is 26.7 Å². The highest BCUT2D eigenvalue weighted by Gasteiger charge is 2.22. The summed E-state index contributed by atoms with van der Waals surface area (Å²) in [4.78, 5) is 12.0. The average Bonchev–Trinajstić information content (AvgIpc) is 1.55. The molecule has 1 heterocycles. The molecule has 1 saturated heterocycles. The molecule has 74 valence electrons. The Morgan fingerprint density at radius 1 is 1.58 bits per heavy atom. The Hall–Kier alpha value is -0.0300. The Kier molecular flexibility index (Phi) is 7.83. The maximum absolute atomic E-state index is 10.2. The average molecular weight is 217 g/mol. The summed E-state index contributed by atoms with van der Waals surface area (Å²) in [5.74, 6) is -0.755. The normalized spacial score (nSPS) is 15.8. The van der Waals surface area contributed by atoms with Gasteiger partial charge in [0, 0.05) is 19.1 Å². The summed E-state index contributed by atoms with van der Waals surface area (Å²) in [5.41, 5.74) is 0. The van der Waals surface area contributed by atoms with Crippen LogP contribution in [0.25, 0.3) is 0 Å². The molecule has 1 rings (SSSR count). The third-order valence-corrected chi connectivity index (χ3v) is 1.77. The fourth-order valence-corrected chi connectivity index (χ4v) is 0.928. The summed E-state index contributed by atoms with van der Waals surface area (Å²) >= 11 is 0. The number of nitrogens with zero attached hydrogens (tertiary/aromatic N) is 1. The minimum absolute atomic E-state index is 0. The topological polar surface area (TPSA) is 52.6 Å². The van der Waals surface area contributed by atoms with E-state index in [9.17, 15) is 4.79 Å². The van der Waals surface area contributed by atoms with Crippen molar-refractivity contribution in [1.29, 1.82) is 0 Å². The summed E-state index contributed by atoms with van der Waals surface area (Å²) in [6.07, 6.45) is 0. The first kappa shape index (κ1) is 14.5. The quantitative estimate of drug-likeness (QED) is 0.688. The predicted octanol–water partition coefficient (Wildman–Crippen LogP) is -0.182. The van der Waals surface area contributed by atoms with Crippen LogP contribution in [0.1, 0.15) is 0 Å². The molecule has 0 spiro atoms. The summed E-state index contributed by atoms with van der Waals surface area (Å²) in [6.45, 7) is 1.99. The van der Waals surface area contributed by atoms with Gasteiger partial charge in [0.1, 0.15) is 0 Å². The summed E-state index contributed by atoms with van der Waals surface area (Å²) in [7, 11) is 1.83. The molecule has 0 atom stereocenters. The van der Waals surface area contributed by atoms with Crippen molar-refractivity contribution in [3.8, 4) is 0 Å². The second kappa shape index (κ2) is 6.48. The van der Waals surface area contributed by atoms with Crippen molar-refractivity contribution >= 4 is 30.8 Å². The number of aliphatic carboxylic acids is 1. The van der Waals surface area contributed by atoms with Crippen molar-refractivity contribution in [2.45, 2.75) is 6.04 Å². The lowest BCUT2D eigenvalue weighted by molar-refractivity contribution is -0.138. The van der Waals surface area contributed by atoms with E-state index in [1.165, 1.54) is 0 Å². The van der Waals surface area contributed by atoms with Gasteiger partial charge in [-0.15, -0.1) is 24.8 Å². The third-order valence-electron chi connectivity index (χ3n) is 1.77. The van der Waals surface area contributed by atoms with Gasteiger partial charge in [-0.2, -0.15) is 0 Å².